The lowest BCUT2D eigenvalue weighted by Crippen LogP contribution is -2.22. The number of anilines is 2. The molecule has 0 saturated heterocycles. The van der Waals surface area contributed by atoms with Gasteiger partial charge in [-0.1, -0.05) is 0 Å². The summed E-state index contributed by atoms with van der Waals surface area (Å²) >= 11 is 0. The smallest absolute Gasteiger partial charge is 0.226 e. The molecule has 0 saturated carbocycles. The van der Waals surface area contributed by atoms with Gasteiger partial charge in [0, 0.05) is 25.7 Å². The molecule has 1 unspecified atom stereocenters. The second-order valence-corrected chi connectivity index (χ2v) is 5.98. The Labute approximate surface area is 100 Å². The first kappa shape index (κ1) is 11.8. The third kappa shape index (κ3) is 2.94. The quantitative estimate of drug-likeness (QED) is 0.834. The molecule has 1 aromatic rings. The Bertz CT molecular complexity index is 539. The average Bonchev–Trinajstić information content (AvgIpc) is 2.58. The van der Waals surface area contributed by atoms with Crippen molar-refractivity contribution in [3.8, 4) is 0 Å². The van der Waals surface area contributed by atoms with E-state index >= 15 is 0 Å². The van der Waals surface area contributed by atoms with Crippen LogP contribution in [-0.4, -0.2) is 44.3 Å². The van der Waals surface area contributed by atoms with E-state index in [2.05, 4.69) is 15.3 Å². The van der Waals surface area contributed by atoms with Gasteiger partial charge in [-0.05, 0) is 12.1 Å². The van der Waals surface area contributed by atoms with Gasteiger partial charge >= 0.3 is 0 Å². The molecule has 92 valence electrons. The molecule has 2 heterocycles. The van der Waals surface area contributed by atoms with Crippen LogP contribution in [-0.2, 0) is 9.84 Å². The van der Waals surface area contributed by atoms with Crippen molar-refractivity contribution in [3.05, 3.63) is 23.7 Å². The van der Waals surface area contributed by atoms with Gasteiger partial charge in [0.1, 0.15) is 5.82 Å². The molecule has 0 radical (unpaired) electrons. The summed E-state index contributed by atoms with van der Waals surface area (Å²) < 4.78 is 22.5. The van der Waals surface area contributed by atoms with Crippen LogP contribution in [0.4, 0.5) is 11.8 Å². The van der Waals surface area contributed by atoms with Crippen molar-refractivity contribution >= 4 is 21.6 Å². The molecule has 0 spiro atoms. The van der Waals surface area contributed by atoms with E-state index in [1.807, 2.05) is 14.1 Å². The summed E-state index contributed by atoms with van der Waals surface area (Å²) in [6.45, 7) is 0. The third-order valence-corrected chi connectivity index (χ3v) is 3.70. The van der Waals surface area contributed by atoms with Gasteiger partial charge in [0.25, 0.3) is 0 Å². The zero-order chi connectivity index (χ0) is 12.5. The molecule has 1 aliphatic rings. The lowest BCUT2D eigenvalue weighted by atomic mass is 10.3. The number of sulfone groups is 1. The van der Waals surface area contributed by atoms with Crippen LogP contribution in [0.3, 0.4) is 0 Å². The van der Waals surface area contributed by atoms with Crippen LogP contribution in [0.2, 0.25) is 0 Å². The topological polar surface area (TPSA) is 75.2 Å². The largest absolute Gasteiger partial charge is 0.363 e. The minimum Gasteiger partial charge on any atom is -0.363 e. The highest BCUT2D eigenvalue weighted by molar-refractivity contribution is 7.94. The van der Waals surface area contributed by atoms with Crippen LogP contribution in [0.25, 0.3) is 0 Å². The summed E-state index contributed by atoms with van der Waals surface area (Å²) in [5.41, 5.74) is 0. The summed E-state index contributed by atoms with van der Waals surface area (Å²) in [7, 11) is 0.654. The van der Waals surface area contributed by atoms with E-state index in [4.69, 9.17) is 0 Å². The fourth-order valence-corrected chi connectivity index (χ4v) is 2.74. The number of nitrogens with one attached hydrogen (secondary N) is 1. The first-order chi connectivity index (χ1) is 7.96. The molecule has 1 N–H and O–H groups in total. The number of hydrogen-bond donors (Lipinski definition) is 1. The SMILES string of the molecule is CN(C)c1nccc(NC2C=CS(=O)(=O)C2)n1. The van der Waals surface area contributed by atoms with E-state index in [-0.39, 0.29) is 11.8 Å². The highest BCUT2D eigenvalue weighted by Gasteiger charge is 2.21. The van der Waals surface area contributed by atoms with E-state index < -0.39 is 9.84 Å². The fraction of sp³-hybridized carbons (Fsp3) is 0.400. The molecule has 0 bridgehead atoms. The molecule has 0 fully saturated rings. The molecule has 17 heavy (non-hydrogen) atoms. The van der Waals surface area contributed by atoms with Crippen molar-refractivity contribution in [1.82, 2.24) is 9.97 Å². The second-order valence-electron chi connectivity index (χ2n) is 4.05. The Morgan fingerprint density at radius 1 is 1.47 bits per heavy atom. The normalized spacial score (nSPS) is 21.4. The predicted octanol–water partition coefficient (Wildman–Crippen LogP) is 0.265. The monoisotopic (exact) mass is 254 g/mol. The van der Waals surface area contributed by atoms with Crippen molar-refractivity contribution in [2.75, 3.05) is 30.1 Å². The molecule has 0 aromatic carbocycles. The zero-order valence-electron chi connectivity index (χ0n) is 9.66. The molecule has 1 atom stereocenters. The summed E-state index contributed by atoms with van der Waals surface area (Å²) in [6.07, 6.45) is 3.27. The zero-order valence-corrected chi connectivity index (χ0v) is 10.5. The summed E-state index contributed by atoms with van der Waals surface area (Å²) in [5.74, 6) is 1.28. The molecule has 6 nitrogen and oxygen atoms in total. The maximum Gasteiger partial charge on any atom is 0.226 e. The minimum atomic E-state index is -3.04. The van der Waals surface area contributed by atoms with E-state index in [1.165, 1.54) is 5.41 Å². The number of rotatable bonds is 3. The third-order valence-electron chi connectivity index (χ3n) is 2.31. The highest BCUT2D eigenvalue weighted by Crippen LogP contribution is 2.14. The summed E-state index contributed by atoms with van der Waals surface area (Å²) in [5, 5.41) is 4.28. The van der Waals surface area contributed by atoms with Gasteiger partial charge in [-0.15, -0.1) is 0 Å². The first-order valence-electron chi connectivity index (χ1n) is 5.14. The minimum absolute atomic E-state index is 0.0777. The van der Waals surface area contributed by atoms with Crippen molar-refractivity contribution in [3.63, 3.8) is 0 Å². The Balaban J connectivity index is 2.10. The van der Waals surface area contributed by atoms with Gasteiger partial charge in [-0.25, -0.2) is 13.4 Å². The van der Waals surface area contributed by atoms with Crippen molar-refractivity contribution < 1.29 is 8.42 Å². The predicted molar refractivity (Wildman–Crippen MR) is 66.7 cm³/mol. The van der Waals surface area contributed by atoms with E-state index in [0.717, 1.165) is 0 Å². The van der Waals surface area contributed by atoms with Crippen LogP contribution >= 0.6 is 0 Å². The van der Waals surface area contributed by atoms with Crippen molar-refractivity contribution in [1.29, 1.82) is 0 Å². The Hall–Kier alpha value is -1.63. The standard InChI is InChI=1S/C10H14N4O2S/c1-14(2)10-11-5-3-9(13-10)12-8-4-6-17(15,16)7-8/h3-6,8H,7H2,1-2H3,(H,11,12,13). The van der Waals surface area contributed by atoms with Gasteiger partial charge in [0.15, 0.2) is 9.84 Å². The summed E-state index contributed by atoms with van der Waals surface area (Å²) in [6, 6.07) is 1.50. The molecule has 0 amide bonds. The molecule has 2 rings (SSSR count). The average molecular weight is 254 g/mol. The van der Waals surface area contributed by atoms with E-state index in [1.54, 1.807) is 23.2 Å². The molecular weight excluding hydrogens is 240 g/mol. The number of aromatic nitrogens is 2. The molecule has 7 heteroatoms. The lowest BCUT2D eigenvalue weighted by Gasteiger charge is -2.14. The van der Waals surface area contributed by atoms with Crippen LogP contribution in [0, 0.1) is 0 Å². The summed E-state index contributed by atoms with van der Waals surface area (Å²) in [4.78, 5) is 10.1. The first-order valence-corrected chi connectivity index (χ1v) is 6.86. The van der Waals surface area contributed by atoms with E-state index in [9.17, 15) is 8.42 Å². The van der Waals surface area contributed by atoms with Gasteiger partial charge < -0.3 is 10.2 Å². The van der Waals surface area contributed by atoms with Gasteiger partial charge in [-0.2, -0.15) is 4.98 Å². The van der Waals surface area contributed by atoms with Crippen molar-refractivity contribution in [2.45, 2.75) is 6.04 Å². The van der Waals surface area contributed by atoms with E-state index in [0.29, 0.717) is 11.8 Å². The maximum atomic E-state index is 11.2. The van der Waals surface area contributed by atoms with Crippen LogP contribution < -0.4 is 10.2 Å². The molecule has 1 aliphatic heterocycles. The highest BCUT2D eigenvalue weighted by atomic mass is 32.2. The van der Waals surface area contributed by atoms with Crippen molar-refractivity contribution in [2.24, 2.45) is 0 Å². The van der Waals surface area contributed by atoms with Crippen LogP contribution in [0.5, 0.6) is 0 Å². The Morgan fingerprint density at radius 2 is 2.24 bits per heavy atom. The van der Waals surface area contributed by atoms with Gasteiger partial charge in [0.05, 0.1) is 11.8 Å². The maximum absolute atomic E-state index is 11.2. The molecule has 0 aliphatic carbocycles. The lowest BCUT2D eigenvalue weighted by molar-refractivity contribution is 0.605. The van der Waals surface area contributed by atoms with Gasteiger partial charge in [0.2, 0.25) is 5.95 Å². The number of hydrogen-bond acceptors (Lipinski definition) is 6. The molecule has 1 aromatic heterocycles. The molecular formula is C10H14N4O2S. The fourth-order valence-electron chi connectivity index (χ4n) is 1.50. The van der Waals surface area contributed by atoms with Crippen LogP contribution in [0.1, 0.15) is 0 Å². The number of nitrogens with zero attached hydrogens (tertiary/aromatic N) is 3. The second kappa shape index (κ2) is 4.33. The Kier molecular flexibility index (Phi) is 3.01. The van der Waals surface area contributed by atoms with Gasteiger partial charge in [-0.3, -0.25) is 0 Å². The Morgan fingerprint density at radius 3 is 2.82 bits per heavy atom. The van der Waals surface area contributed by atoms with Crippen LogP contribution in [0.15, 0.2) is 23.7 Å².